The van der Waals surface area contributed by atoms with Crippen LogP contribution in [0.3, 0.4) is 0 Å². The molecule has 0 N–H and O–H groups in total. The van der Waals surface area contributed by atoms with E-state index < -0.39 is 30.8 Å². The third-order valence-electron chi connectivity index (χ3n) is 6.36. The van der Waals surface area contributed by atoms with E-state index in [1.165, 1.54) is 4.90 Å². The summed E-state index contributed by atoms with van der Waals surface area (Å²) in [4.78, 5) is 31.6. The van der Waals surface area contributed by atoms with Gasteiger partial charge in [-0.2, -0.15) is 0 Å². The van der Waals surface area contributed by atoms with Gasteiger partial charge in [0.15, 0.2) is 21.2 Å². The first-order chi connectivity index (χ1) is 12.7. The van der Waals surface area contributed by atoms with E-state index in [0.717, 1.165) is 5.56 Å². The first-order valence-corrected chi connectivity index (χ1v) is 10.7. The van der Waals surface area contributed by atoms with Crippen molar-refractivity contribution in [3.8, 4) is 11.5 Å². The molecule has 3 fully saturated rings. The van der Waals surface area contributed by atoms with Crippen LogP contribution in [0.5, 0.6) is 11.5 Å². The molecule has 4 aliphatic rings. The highest BCUT2D eigenvalue weighted by atomic mass is 32.8. The van der Waals surface area contributed by atoms with Crippen molar-refractivity contribution in [3.63, 3.8) is 0 Å². The largest absolute Gasteiger partial charge is 0.454 e. The van der Waals surface area contributed by atoms with Gasteiger partial charge in [-0.25, -0.2) is 6.57 Å². The Morgan fingerprint density at radius 1 is 1.26 bits per heavy atom. The van der Waals surface area contributed by atoms with E-state index in [1.54, 1.807) is 24.9 Å². The van der Waals surface area contributed by atoms with Crippen molar-refractivity contribution in [2.75, 3.05) is 13.8 Å². The molecule has 3 saturated heterocycles. The van der Waals surface area contributed by atoms with Crippen molar-refractivity contribution in [1.29, 1.82) is 0 Å². The first-order valence-electron chi connectivity index (χ1n) is 8.54. The van der Waals surface area contributed by atoms with Crippen molar-refractivity contribution in [2.45, 2.75) is 41.6 Å². The number of piperazine rings is 1. The van der Waals surface area contributed by atoms with Gasteiger partial charge in [0.1, 0.15) is 6.04 Å². The first kappa shape index (κ1) is 17.0. The molecule has 1 aromatic carbocycles. The van der Waals surface area contributed by atoms with Crippen LogP contribution < -0.4 is 9.47 Å². The Labute approximate surface area is 163 Å². The van der Waals surface area contributed by atoms with E-state index in [0.29, 0.717) is 11.5 Å². The highest BCUT2D eigenvalue weighted by molar-refractivity contribution is 8.31. The van der Waals surface area contributed by atoms with Gasteiger partial charge in [0, 0.05) is 14.0 Å². The Bertz CT molecular complexity index is 1010. The van der Waals surface area contributed by atoms with E-state index in [9.17, 15) is 9.59 Å². The number of ether oxygens (including phenoxy) is 2. The highest BCUT2D eigenvalue weighted by Gasteiger charge is 2.82. The van der Waals surface area contributed by atoms with Gasteiger partial charge in [0.25, 0.3) is 17.4 Å². The van der Waals surface area contributed by atoms with Crippen LogP contribution in [0.4, 0.5) is 0 Å². The molecule has 7 nitrogen and oxygen atoms in total. The summed E-state index contributed by atoms with van der Waals surface area (Å²) in [6.07, 6.45) is 0.250. The highest BCUT2D eigenvalue weighted by Crippen LogP contribution is 2.63. The Morgan fingerprint density at radius 2 is 1.96 bits per heavy atom. The Kier molecular flexibility index (Phi) is 3.02. The minimum atomic E-state index is -1.11. The summed E-state index contributed by atoms with van der Waals surface area (Å²) in [5.74, 6) is 0.902. The minimum Gasteiger partial charge on any atom is -0.454 e. The van der Waals surface area contributed by atoms with Crippen LogP contribution in [-0.2, 0) is 30.2 Å². The SMILES string of the molecule is [C-]#[N+][C@]1(C)CC23C(=O)N(C)[C@@](C)(C(=O)N2C1c1ccc2c(c1)OCO2)S3=S. The molecule has 1 aromatic rings. The zero-order valence-corrected chi connectivity index (χ0v) is 16.6. The number of nitrogens with zero attached hydrogens (tertiary/aromatic N) is 3. The molecule has 140 valence electrons. The molecule has 4 heterocycles. The van der Waals surface area contributed by atoms with Gasteiger partial charge < -0.3 is 24.1 Å². The maximum absolute atomic E-state index is 13.5. The van der Waals surface area contributed by atoms with E-state index in [-0.39, 0.29) is 25.0 Å². The second-order valence-corrected chi connectivity index (χ2v) is 10.7. The lowest BCUT2D eigenvalue weighted by molar-refractivity contribution is -0.159. The summed E-state index contributed by atoms with van der Waals surface area (Å²) < 4.78 is 10.9. The predicted molar refractivity (Wildman–Crippen MR) is 100 cm³/mol. The van der Waals surface area contributed by atoms with Crippen molar-refractivity contribution in [2.24, 2.45) is 0 Å². The molecular formula is C18H17N3O4S2. The minimum absolute atomic E-state index is 0.146. The van der Waals surface area contributed by atoms with Crippen LogP contribution in [0, 0.1) is 6.57 Å². The maximum Gasteiger partial charge on any atom is 0.261 e. The third kappa shape index (κ3) is 1.61. The fraction of sp³-hybridized carbons (Fsp3) is 0.500. The summed E-state index contributed by atoms with van der Waals surface area (Å²) in [5.41, 5.74) is -0.183. The van der Waals surface area contributed by atoms with Crippen molar-refractivity contribution in [1.82, 2.24) is 9.80 Å². The number of fused-ring (bicyclic) bond motifs is 2. The van der Waals surface area contributed by atoms with E-state index >= 15 is 0 Å². The Morgan fingerprint density at radius 3 is 2.67 bits per heavy atom. The number of hydrogen-bond donors (Lipinski definition) is 0. The van der Waals surface area contributed by atoms with Gasteiger partial charge in [-0.3, -0.25) is 9.59 Å². The number of amides is 2. The molecule has 1 spiro atoms. The van der Waals surface area contributed by atoms with Crippen LogP contribution >= 0.6 is 0 Å². The van der Waals surface area contributed by atoms with Crippen LogP contribution in [-0.4, -0.2) is 50.7 Å². The molecule has 3 unspecified atom stereocenters. The van der Waals surface area contributed by atoms with Gasteiger partial charge in [0.2, 0.25) is 6.79 Å². The smallest absolute Gasteiger partial charge is 0.261 e. The summed E-state index contributed by atoms with van der Waals surface area (Å²) in [6.45, 7) is 11.6. The standard InChI is InChI=1S/C18H17N3O4S2/c1-16(19-3)8-18-15(23)20(4)17(2,27(18)26)14(22)21(18)13(16)10-5-6-11-12(7-10)25-9-24-11/h5-7,13H,8-9H2,1-2,4H3/t13?,16-,17-,18?,27?/m1/s1. The van der Waals surface area contributed by atoms with Crippen LogP contribution in [0.15, 0.2) is 18.2 Å². The molecule has 2 amide bonds. The normalized spacial score (nSPS) is 41.3. The lowest BCUT2D eigenvalue weighted by Gasteiger charge is -2.38. The van der Waals surface area contributed by atoms with Crippen LogP contribution in [0.25, 0.3) is 4.85 Å². The van der Waals surface area contributed by atoms with Gasteiger partial charge in [-0.15, -0.1) is 0 Å². The maximum atomic E-state index is 13.5. The average Bonchev–Trinajstić information content (AvgIpc) is 3.31. The quantitative estimate of drug-likeness (QED) is 0.663. The Balaban J connectivity index is 1.73. The Hall–Kier alpha value is -2.18. The number of benzene rings is 1. The number of rotatable bonds is 1. The second-order valence-electron chi connectivity index (χ2n) is 7.74. The molecule has 2 bridgehead atoms. The molecule has 4 aliphatic heterocycles. The molecule has 5 atom stereocenters. The summed E-state index contributed by atoms with van der Waals surface area (Å²) in [6, 6.07) is 4.88. The zero-order chi connectivity index (χ0) is 19.4. The van der Waals surface area contributed by atoms with E-state index in [1.807, 2.05) is 19.1 Å². The number of carbonyl (C=O) groups excluding carboxylic acids is 2. The number of hydrogen-bond acceptors (Lipinski definition) is 5. The lowest BCUT2D eigenvalue weighted by atomic mass is 9.87. The summed E-state index contributed by atoms with van der Waals surface area (Å²) in [5, 5.41) is 0. The lowest BCUT2D eigenvalue weighted by Crippen LogP contribution is -2.60. The molecule has 9 heteroatoms. The van der Waals surface area contributed by atoms with Gasteiger partial charge in [-0.1, -0.05) is 6.07 Å². The molecule has 0 aromatic heterocycles. The summed E-state index contributed by atoms with van der Waals surface area (Å²) >= 11 is 5.77. The monoisotopic (exact) mass is 403 g/mol. The summed E-state index contributed by atoms with van der Waals surface area (Å²) in [7, 11) is 0.702. The number of likely N-dealkylation sites (N-methyl/N-ethyl adjacent to an activating group) is 1. The molecule has 0 aliphatic carbocycles. The molecular weight excluding hydrogens is 386 g/mol. The van der Waals surface area contributed by atoms with Crippen LogP contribution in [0.1, 0.15) is 31.9 Å². The van der Waals surface area contributed by atoms with Gasteiger partial charge in [-0.05, 0) is 45.3 Å². The van der Waals surface area contributed by atoms with E-state index in [2.05, 4.69) is 4.85 Å². The van der Waals surface area contributed by atoms with Crippen molar-refractivity contribution in [3.05, 3.63) is 35.2 Å². The van der Waals surface area contributed by atoms with Gasteiger partial charge in [0.05, 0.1) is 6.42 Å². The predicted octanol–water partition coefficient (Wildman–Crippen LogP) is 1.34. The fourth-order valence-electron chi connectivity index (χ4n) is 4.89. The topological polar surface area (TPSA) is 63.4 Å². The molecule has 5 rings (SSSR count). The fourth-order valence-corrected chi connectivity index (χ4v) is 8.41. The van der Waals surface area contributed by atoms with Crippen LogP contribution in [0.2, 0.25) is 0 Å². The molecule has 0 saturated carbocycles. The number of carbonyl (C=O) groups is 2. The molecule has 0 radical (unpaired) electrons. The second kappa shape index (κ2) is 4.80. The molecule has 27 heavy (non-hydrogen) atoms. The zero-order valence-electron chi connectivity index (χ0n) is 15.0. The van der Waals surface area contributed by atoms with Gasteiger partial charge >= 0.3 is 0 Å². The van der Waals surface area contributed by atoms with E-state index in [4.69, 9.17) is 27.2 Å². The van der Waals surface area contributed by atoms with Crippen molar-refractivity contribution < 1.29 is 19.1 Å². The van der Waals surface area contributed by atoms with Crippen molar-refractivity contribution >= 4 is 32.5 Å². The average molecular weight is 403 g/mol. The third-order valence-corrected chi connectivity index (χ3v) is 10.5.